The standard InChI is InChI=1S/C13H28N2O/c1-5-14(6-2)10-13(16)8-7-9-15(11-13)12(3)4/h12,16H,5-11H2,1-4H3. The molecule has 3 nitrogen and oxygen atoms in total. The Labute approximate surface area is 100 Å². The fraction of sp³-hybridized carbons (Fsp3) is 1.00. The van der Waals surface area contributed by atoms with Crippen LogP contribution >= 0.6 is 0 Å². The van der Waals surface area contributed by atoms with Crippen LogP contribution in [0.15, 0.2) is 0 Å². The van der Waals surface area contributed by atoms with E-state index < -0.39 is 5.60 Å². The molecule has 1 saturated heterocycles. The van der Waals surface area contributed by atoms with Gasteiger partial charge in [0.1, 0.15) is 0 Å². The molecule has 0 radical (unpaired) electrons. The average molecular weight is 228 g/mol. The Hall–Kier alpha value is -0.120. The van der Waals surface area contributed by atoms with Crippen molar-refractivity contribution in [2.24, 2.45) is 0 Å². The monoisotopic (exact) mass is 228 g/mol. The molecule has 0 bridgehead atoms. The van der Waals surface area contributed by atoms with Gasteiger partial charge in [0.2, 0.25) is 0 Å². The molecule has 3 heteroatoms. The van der Waals surface area contributed by atoms with Gasteiger partial charge in [-0.3, -0.25) is 4.90 Å². The topological polar surface area (TPSA) is 26.7 Å². The number of hydrogen-bond donors (Lipinski definition) is 1. The molecule has 1 heterocycles. The summed E-state index contributed by atoms with van der Waals surface area (Å²) in [7, 11) is 0. The quantitative estimate of drug-likeness (QED) is 0.773. The predicted octanol–water partition coefficient (Wildman–Crippen LogP) is 1.56. The second-order valence-electron chi connectivity index (χ2n) is 5.35. The van der Waals surface area contributed by atoms with E-state index in [1.165, 1.54) is 0 Å². The fourth-order valence-electron chi connectivity index (χ4n) is 2.58. The van der Waals surface area contributed by atoms with Crippen LogP contribution in [-0.2, 0) is 0 Å². The first-order chi connectivity index (χ1) is 7.50. The minimum atomic E-state index is -0.492. The van der Waals surface area contributed by atoms with Gasteiger partial charge in [-0.15, -0.1) is 0 Å². The summed E-state index contributed by atoms with van der Waals surface area (Å²) in [6.07, 6.45) is 2.07. The van der Waals surface area contributed by atoms with Crippen LogP contribution in [-0.4, -0.2) is 59.3 Å². The van der Waals surface area contributed by atoms with Gasteiger partial charge in [0.05, 0.1) is 5.60 Å². The Morgan fingerprint density at radius 2 is 1.94 bits per heavy atom. The van der Waals surface area contributed by atoms with Gasteiger partial charge in [0.15, 0.2) is 0 Å². The summed E-state index contributed by atoms with van der Waals surface area (Å²) in [5.41, 5.74) is -0.492. The van der Waals surface area contributed by atoms with Gasteiger partial charge in [-0.1, -0.05) is 13.8 Å². The fourth-order valence-corrected chi connectivity index (χ4v) is 2.58. The van der Waals surface area contributed by atoms with Crippen LogP contribution in [0.2, 0.25) is 0 Å². The smallest absolute Gasteiger partial charge is 0.0900 e. The van der Waals surface area contributed by atoms with Crippen LogP contribution in [0.1, 0.15) is 40.5 Å². The van der Waals surface area contributed by atoms with Crippen molar-refractivity contribution in [3.05, 3.63) is 0 Å². The van der Waals surface area contributed by atoms with E-state index in [1.54, 1.807) is 0 Å². The second kappa shape index (κ2) is 5.99. The Bertz CT molecular complexity index is 200. The number of aliphatic hydroxyl groups is 1. The summed E-state index contributed by atoms with van der Waals surface area (Å²) in [4.78, 5) is 4.72. The molecule has 0 spiro atoms. The minimum Gasteiger partial charge on any atom is -0.387 e. The number of nitrogens with zero attached hydrogens (tertiary/aromatic N) is 2. The van der Waals surface area contributed by atoms with E-state index in [0.717, 1.165) is 45.6 Å². The SMILES string of the molecule is CCN(CC)CC1(O)CCCN(C(C)C)C1. The molecule has 0 aliphatic carbocycles. The van der Waals surface area contributed by atoms with E-state index in [4.69, 9.17) is 0 Å². The summed E-state index contributed by atoms with van der Waals surface area (Å²) >= 11 is 0. The Morgan fingerprint density at radius 1 is 1.31 bits per heavy atom. The van der Waals surface area contributed by atoms with Crippen molar-refractivity contribution in [1.29, 1.82) is 0 Å². The van der Waals surface area contributed by atoms with Crippen LogP contribution in [0.5, 0.6) is 0 Å². The predicted molar refractivity (Wildman–Crippen MR) is 68.7 cm³/mol. The average Bonchev–Trinajstić information content (AvgIpc) is 2.26. The number of β-amino-alcohol motifs (C(OH)–C–C–N with tert-alkyl or cyclic N) is 1. The molecule has 0 saturated carbocycles. The molecule has 1 aliphatic rings. The van der Waals surface area contributed by atoms with E-state index in [1.807, 2.05) is 0 Å². The molecule has 1 atom stereocenters. The number of likely N-dealkylation sites (N-methyl/N-ethyl adjacent to an activating group) is 1. The lowest BCUT2D eigenvalue weighted by atomic mass is 9.91. The normalized spacial score (nSPS) is 27.9. The molecular formula is C13H28N2O. The van der Waals surface area contributed by atoms with Crippen LogP contribution in [0, 0.1) is 0 Å². The zero-order chi connectivity index (χ0) is 12.2. The van der Waals surface area contributed by atoms with Crippen molar-refractivity contribution >= 4 is 0 Å². The highest BCUT2D eigenvalue weighted by molar-refractivity contribution is 4.90. The lowest BCUT2D eigenvalue weighted by molar-refractivity contribution is -0.0591. The van der Waals surface area contributed by atoms with E-state index >= 15 is 0 Å². The van der Waals surface area contributed by atoms with Crippen LogP contribution in [0.25, 0.3) is 0 Å². The third kappa shape index (κ3) is 3.72. The summed E-state index contributed by atoms with van der Waals surface area (Å²) in [6.45, 7) is 13.6. The molecule has 0 aromatic carbocycles. The zero-order valence-corrected chi connectivity index (χ0v) is 11.4. The van der Waals surface area contributed by atoms with E-state index in [-0.39, 0.29) is 0 Å². The zero-order valence-electron chi connectivity index (χ0n) is 11.4. The largest absolute Gasteiger partial charge is 0.387 e. The molecule has 1 N–H and O–H groups in total. The number of hydrogen-bond acceptors (Lipinski definition) is 3. The van der Waals surface area contributed by atoms with Crippen molar-refractivity contribution in [3.8, 4) is 0 Å². The van der Waals surface area contributed by atoms with Crippen molar-refractivity contribution in [2.45, 2.75) is 52.2 Å². The third-order valence-electron chi connectivity index (χ3n) is 3.73. The van der Waals surface area contributed by atoms with E-state index in [9.17, 15) is 5.11 Å². The second-order valence-corrected chi connectivity index (χ2v) is 5.35. The summed E-state index contributed by atoms with van der Waals surface area (Å²) in [5.74, 6) is 0. The molecule has 0 aromatic rings. The first-order valence-electron chi connectivity index (χ1n) is 6.69. The molecule has 1 aliphatic heterocycles. The van der Waals surface area contributed by atoms with Gasteiger partial charge in [-0.2, -0.15) is 0 Å². The highest BCUT2D eigenvalue weighted by Gasteiger charge is 2.35. The molecule has 1 rings (SSSR count). The summed E-state index contributed by atoms with van der Waals surface area (Å²) in [5, 5.41) is 10.6. The van der Waals surface area contributed by atoms with Crippen molar-refractivity contribution in [2.75, 3.05) is 32.7 Å². The first kappa shape index (κ1) is 13.9. The Kier molecular flexibility index (Phi) is 5.22. The van der Waals surface area contributed by atoms with Crippen molar-refractivity contribution in [3.63, 3.8) is 0 Å². The molecule has 0 aromatic heterocycles. The van der Waals surface area contributed by atoms with Gasteiger partial charge < -0.3 is 10.0 Å². The third-order valence-corrected chi connectivity index (χ3v) is 3.73. The first-order valence-corrected chi connectivity index (χ1v) is 6.69. The lowest BCUT2D eigenvalue weighted by Gasteiger charge is -2.43. The minimum absolute atomic E-state index is 0.492. The van der Waals surface area contributed by atoms with E-state index in [0.29, 0.717) is 6.04 Å². The van der Waals surface area contributed by atoms with Crippen LogP contribution in [0.3, 0.4) is 0 Å². The maximum atomic E-state index is 10.6. The van der Waals surface area contributed by atoms with Crippen molar-refractivity contribution in [1.82, 2.24) is 9.80 Å². The van der Waals surface area contributed by atoms with Gasteiger partial charge in [0.25, 0.3) is 0 Å². The molecule has 1 unspecified atom stereocenters. The molecule has 16 heavy (non-hydrogen) atoms. The summed E-state index contributed by atoms with van der Waals surface area (Å²) in [6, 6.07) is 0.545. The van der Waals surface area contributed by atoms with Gasteiger partial charge in [0, 0.05) is 19.1 Å². The number of rotatable bonds is 5. The molecule has 96 valence electrons. The highest BCUT2D eigenvalue weighted by Crippen LogP contribution is 2.23. The Morgan fingerprint density at radius 3 is 2.44 bits per heavy atom. The van der Waals surface area contributed by atoms with Crippen LogP contribution < -0.4 is 0 Å². The molecular weight excluding hydrogens is 200 g/mol. The maximum absolute atomic E-state index is 10.6. The number of likely N-dealkylation sites (tertiary alicyclic amines) is 1. The number of piperidine rings is 1. The lowest BCUT2D eigenvalue weighted by Crippen LogP contribution is -2.55. The summed E-state index contributed by atoms with van der Waals surface area (Å²) < 4.78 is 0. The van der Waals surface area contributed by atoms with Crippen LogP contribution in [0.4, 0.5) is 0 Å². The highest BCUT2D eigenvalue weighted by atomic mass is 16.3. The van der Waals surface area contributed by atoms with Gasteiger partial charge in [-0.05, 0) is 46.3 Å². The van der Waals surface area contributed by atoms with E-state index in [2.05, 4.69) is 37.5 Å². The molecule has 0 amide bonds. The Balaban J connectivity index is 2.55. The molecule has 1 fully saturated rings. The van der Waals surface area contributed by atoms with Gasteiger partial charge >= 0.3 is 0 Å². The maximum Gasteiger partial charge on any atom is 0.0900 e. The van der Waals surface area contributed by atoms with Crippen molar-refractivity contribution < 1.29 is 5.11 Å². The van der Waals surface area contributed by atoms with Gasteiger partial charge in [-0.25, -0.2) is 0 Å².